The van der Waals surface area contributed by atoms with Crippen molar-refractivity contribution in [2.75, 3.05) is 7.11 Å². The van der Waals surface area contributed by atoms with E-state index in [2.05, 4.69) is 10.7 Å². The van der Waals surface area contributed by atoms with Gasteiger partial charge in [0.25, 0.3) is 11.8 Å². The molecule has 2 heterocycles. The number of benzene rings is 1. The van der Waals surface area contributed by atoms with Gasteiger partial charge in [0.2, 0.25) is 0 Å². The van der Waals surface area contributed by atoms with Crippen LogP contribution in [-0.2, 0) is 10.3 Å². The second-order valence-electron chi connectivity index (χ2n) is 5.47. The molecule has 1 aliphatic rings. The Hall–Kier alpha value is -2.58. The number of carbonyl (C=O) groups excluding carboxylic acids is 3. The first-order valence-electron chi connectivity index (χ1n) is 7.22. The van der Waals surface area contributed by atoms with Gasteiger partial charge in [-0.2, -0.15) is 5.01 Å². The molecule has 2 aromatic rings. The van der Waals surface area contributed by atoms with Crippen LogP contribution < -0.4 is 15.5 Å². The van der Waals surface area contributed by atoms with Crippen molar-refractivity contribution < 1.29 is 19.1 Å². The number of imide groups is 1. The van der Waals surface area contributed by atoms with Crippen molar-refractivity contribution in [1.82, 2.24) is 15.8 Å². The zero-order valence-electron chi connectivity index (χ0n) is 13.3. The van der Waals surface area contributed by atoms with E-state index in [9.17, 15) is 14.4 Å². The smallest absolute Gasteiger partial charge is 0.344 e. The lowest BCUT2D eigenvalue weighted by molar-refractivity contribution is -0.132. The number of halogens is 1. The van der Waals surface area contributed by atoms with Crippen LogP contribution in [0.4, 0.5) is 4.79 Å². The van der Waals surface area contributed by atoms with Crippen LogP contribution in [0, 0.1) is 0 Å². The number of hydrogen-bond donors (Lipinski definition) is 2. The number of ether oxygens (including phenoxy) is 1. The Morgan fingerprint density at radius 2 is 1.92 bits per heavy atom. The van der Waals surface area contributed by atoms with E-state index in [0.29, 0.717) is 25.5 Å². The topological polar surface area (TPSA) is 87.7 Å². The number of rotatable bonds is 4. The molecule has 7 nitrogen and oxygen atoms in total. The Balaban J connectivity index is 1.82. The van der Waals surface area contributed by atoms with E-state index in [1.165, 1.54) is 13.2 Å². The molecule has 1 fully saturated rings. The predicted molar refractivity (Wildman–Crippen MR) is 92.5 cm³/mol. The van der Waals surface area contributed by atoms with Crippen LogP contribution in [0.1, 0.15) is 22.2 Å². The predicted octanol–water partition coefficient (Wildman–Crippen LogP) is 2.52. The van der Waals surface area contributed by atoms with Crippen molar-refractivity contribution in [3.05, 3.63) is 51.2 Å². The lowest BCUT2D eigenvalue weighted by Gasteiger charge is -2.22. The Morgan fingerprint density at radius 3 is 2.48 bits per heavy atom. The molecular weight excluding hydrogens is 366 g/mol. The molecule has 1 unspecified atom stereocenters. The minimum atomic E-state index is -1.29. The third-order valence-corrected chi connectivity index (χ3v) is 5.10. The van der Waals surface area contributed by atoms with Crippen LogP contribution in [0.25, 0.3) is 0 Å². The molecule has 1 atom stereocenters. The highest BCUT2D eigenvalue weighted by Gasteiger charge is 2.50. The summed E-state index contributed by atoms with van der Waals surface area (Å²) in [6, 6.07) is 9.11. The highest BCUT2D eigenvalue weighted by Crippen LogP contribution is 2.29. The third-order valence-electron chi connectivity index (χ3n) is 3.87. The number of urea groups is 1. The molecule has 2 N–H and O–H groups in total. The number of nitrogens with one attached hydrogen (secondary N) is 2. The van der Waals surface area contributed by atoms with Gasteiger partial charge in [-0.25, -0.2) is 4.79 Å². The summed E-state index contributed by atoms with van der Waals surface area (Å²) in [7, 11) is 1.54. The fourth-order valence-corrected chi connectivity index (χ4v) is 3.39. The van der Waals surface area contributed by atoms with E-state index < -0.39 is 23.4 Å². The normalized spacial score (nSPS) is 19.7. The van der Waals surface area contributed by atoms with Gasteiger partial charge < -0.3 is 10.1 Å². The van der Waals surface area contributed by atoms with Crippen LogP contribution in [0.5, 0.6) is 5.75 Å². The highest BCUT2D eigenvalue weighted by atomic mass is 35.5. The van der Waals surface area contributed by atoms with E-state index in [4.69, 9.17) is 16.3 Å². The molecule has 0 saturated carbocycles. The lowest BCUT2D eigenvalue weighted by Crippen LogP contribution is -2.47. The fraction of sp³-hybridized carbons (Fsp3) is 0.188. The number of hydrogen-bond acceptors (Lipinski definition) is 5. The number of hydrazine groups is 1. The minimum Gasteiger partial charge on any atom is -0.497 e. The summed E-state index contributed by atoms with van der Waals surface area (Å²) in [5.74, 6) is -0.540. The summed E-state index contributed by atoms with van der Waals surface area (Å²) in [5.41, 5.74) is 1.60. The van der Waals surface area contributed by atoms with E-state index in [1.54, 1.807) is 37.3 Å². The molecule has 1 aromatic carbocycles. The molecule has 0 radical (unpaired) electrons. The molecule has 0 bridgehead atoms. The van der Waals surface area contributed by atoms with Crippen molar-refractivity contribution in [3.63, 3.8) is 0 Å². The molecular formula is C16H14ClN3O4S. The number of methoxy groups -OCH3 is 1. The van der Waals surface area contributed by atoms with E-state index in [1.807, 2.05) is 0 Å². The van der Waals surface area contributed by atoms with Crippen LogP contribution in [-0.4, -0.2) is 30.0 Å². The van der Waals surface area contributed by atoms with Crippen LogP contribution in [0.2, 0.25) is 4.34 Å². The Morgan fingerprint density at radius 1 is 1.24 bits per heavy atom. The molecule has 25 heavy (non-hydrogen) atoms. The van der Waals surface area contributed by atoms with Crippen LogP contribution in [0.3, 0.4) is 0 Å². The number of amides is 4. The standard InChI is InChI=1S/C16H14ClN3O4S/c1-16(9-3-5-10(24-2)6-4-9)14(22)20(15(23)18-16)19-13(21)11-7-8-12(17)25-11/h3-8H,1-2H3,(H,18,23)(H,19,21). The van der Waals surface area contributed by atoms with Gasteiger partial charge in [0.1, 0.15) is 11.3 Å². The number of thiophene rings is 1. The number of nitrogens with zero attached hydrogens (tertiary/aromatic N) is 1. The molecule has 130 valence electrons. The van der Waals surface area contributed by atoms with Gasteiger partial charge in [-0.05, 0) is 36.8 Å². The van der Waals surface area contributed by atoms with Gasteiger partial charge in [-0.15, -0.1) is 11.3 Å². The maximum absolute atomic E-state index is 12.7. The Bertz CT molecular complexity index is 851. The average Bonchev–Trinajstić information content (AvgIpc) is 3.13. The van der Waals surface area contributed by atoms with Crippen molar-refractivity contribution in [2.45, 2.75) is 12.5 Å². The molecule has 0 aliphatic carbocycles. The average molecular weight is 380 g/mol. The van der Waals surface area contributed by atoms with Crippen molar-refractivity contribution in [2.24, 2.45) is 0 Å². The first-order chi connectivity index (χ1) is 11.8. The quantitative estimate of drug-likeness (QED) is 0.799. The SMILES string of the molecule is COc1ccc(C2(C)NC(=O)N(NC(=O)c3ccc(Cl)s3)C2=O)cc1. The van der Waals surface area contributed by atoms with E-state index in [0.717, 1.165) is 11.3 Å². The first kappa shape index (κ1) is 17.2. The summed E-state index contributed by atoms with van der Waals surface area (Å²) < 4.78 is 5.52. The minimum absolute atomic E-state index is 0.295. The molecule has 0 spiro atoms. The van der Waals surface area contributed by atoms with Gasteiger partial charge in [0, 0.05) is 0 Å². The largest absolute Gasteiger partial charge is 0.497 e. The van der Waals surface area contributed by atoms with Crippen LogP contribution >= 0.6 is 22.9 Å². The van der Waals surface area contributed by atoms with Gasteiger partial charge in [-0.1, -0.05) is 23.7 Å². The molecule has 4 amide bonds. The molecule has 1 aliphatic heterocycles. The summed E-state index contributed by atoms with van der Waals surface area (Å²) in [6.07, 6.45) is 0. The summed E-state index contributed by atoms with van der Waals surface area (Å²) >= 11 is 6.85. The second kappa shape index (κ2) is 6.38. The Labute approximate surface area is 152 Å². The molecule has 9 heteroatoms. The Kier molecular flexibility index (Phi) is 4.40. The zero-order chi connectivity index (χ0) is 18.2. The van der Waals surface area contributed by atoms with Gasteiger partial charge in [-0.3, -0.25) is 15.0 Å². The number of carbonyl (C=O) groups is 3. The summed E-state index contributed by atoms with van der Waals surface area (Å²) in [5, 5.41) is 3.29. The molecule has 3 rings (SSSR count). The van der Waals surface area contributed by atoms with Crippen molar-refractivity contribution >= 4 is 40.8 Å². The summed E-state index contributed by atoms with van der Waals surface area (Å²) in [4.78, 5) is 37.4. The maximum Gasteiger partial charge on any atom is 0.344 e. The maximum atomic E-state index is 12.7. The van der Waals surface area contributed by atoms with Gasteiger partial charge >= 0.3 is 6.03 Å². The first-order valence-corrected chi connectivity index (χ1v) is 8.42. The zero-order valence-corrected chi connectivity index (χ0v) is 14.9. The third kappa shape index (κ3) is 3.06. The van der Waals surface area contributed by atoms with Crippen molar-refractivity contribution in [1.29, 1.82) is 0 Å². The van der Waals surface area contributed by atoms with E-state index in [-0.39, 0.29) is 0 Å². The fourth-order valence-electron chi connectivity index (χ4n) is 2.45. The monoisotopic (exact) mass is 379 g/mol. The molecule has 1 aromatic heterocycles. The van der Waals surface area contributed by atoms with E-state index >= 15 is 0 Å². The molecule has 1 saturated heterocycles. The van der Waals surface area contributed by atoms with Crippen LogP contribution in [0.15, 0.2) is 36.4 Å². The summed E-state index contributed by atoms with van der Waals surface area (Å²) in [6.45, 7) is 1.57. The highest BCUT2D eigenvalue weighted by molar-refractivity contribution is 7.18. The van der Waals surface area contributed by atoms with Gasteiger partial charge in [0.05, 0.1) is 16.3 Å². The van der Waals surface area contributed by atoms with Crippen molar-refractivity contribution in [3.8, 4) is 5.75 Å². The lowest BCUT2D eigenvalue weighted by atomic mass is 9.92. The second-order valence-corrected chi connectivity index (χ2v) is 7.18. The van der Waals surface area contributed by atoms with Gasteiger partial charge in [0.15, 0.2) is 0 Å².